The van der Waals surface area contributed by atoms with Crippen LogP contribution in [0.5, 0.6) is 0 Å². The average molecular weight is 297 g/mol. The van der Waals surface area contributed by atoms with Crippen molar-refractivity contribution in [1.82, 2.24) is 4.90 Å². The average Bonchev–Trinajstić information content (AvgIpc) is 2.50. The van der Waals surface area contributed by atoms with Gasteiger partial charge in [0.25, 0.3) is 0 Å². The summed E-state index contributed by atoms with van der Waals surface area (Å²) in [5.74, 6) is -0.592. The van der Waals surface area contributed by atoms with Crippen LogP contribution in [0.15, 0.2) is 0 Å². The fourth-order valence-electron chi connectivity index (χ4n) is 3.50. The zero-order chi connectivity index (χ0) is 15.6. The fourth-order valence-corrected chi connectivity index (χ4v) is 3.50. The predicted octanol–water partition coefficient (Wildman–Crippen LogP) is 4.70. The number of carboxylic acids is 1. The van der Waals surface area contributed by atoms with Crippen LogP contribution in [0.4, 0.5) is 0 Å². The van der Waals surface area contributed by atoms with E-state index in [1.165, 1.54) is 51.4 Å². The van der Waals surface area contributed by atoms with Crippen LogP contribution in [0.2, 0.25) is 0 Å². The Morgan fingerprint density at radius 1 is 1.05 bits per heavy atom. The third-order valence-electron chi connectivity index (χ3n) is 5.11. The van der Waals surface area contributed by atoms with Gasteiger partial charge < -0.3 is 10.0 Å². The van der Waals surface area contributed by atoms with Gasteiger partial charge >= 0.3 is 5.97 Å². The summed E-state index contributed by atoms with van der Waals surface area (Å²) in [6, 6.07) is 0. The van der Waals surface area contributed by atoms with E-state index < -0.39 is 11.4 Å². The number of nitrogens with zero attached hydrogens (tertiary/aromatic N) is 1. The summed E-state index contributed by atoms with van der Waals surface area (Å²) < 4.78 is 0. The van der Waals surface area contributed by atoms with Crippen LogP contribution in [-0.4, -0.2) is 35.6 Å². The lowest BCUT2D eigenvalue weighted by Crippen LogP contribution is -2.47. The molecule has 0 spiro atoms. The van der Waals surface area contributed by atoms with E-state index >= 15 is 0 Å². The lowest BCUT2D eigenvalue weighted by molar-refractivity contribution is -0.152. The number of carbonyl (C=O) groups is 1. The summed E-state index contributed by atoms with van der Waals surface area (Å²) in [6.45, 7) is 7.21. The Morgan fingerprint density at radius 2 is 1.67 bits per heavy atom. The topological polar surface area (TPSA) is 40.5 Å². The highest BCUT2D eigenvalue weighted by Crippen LogP contribution is 2.33. The molecule has 1 fully saturated rings. The fraction of sp³-hybridized carbons (Fsp3) is 0.944. The molecule has 0 radical (unpaired) electrons. The molecule has 0 aromatic heterocycles. The van der Waals surface area contributed by atoms with Gasteiger partial charge in [-0.15, -0.1) is 0 Å². The van der Waals surface area contributed by atoms with E-state index in [1.54, 1.807) is 0 Å². The quantitative estimate of drug-likeness (QED) is 0.562. The Labute approximate surface area is 131 Å². The Morgan fingerprint density at radius 3 is 2.24 bits per heavy atom. The van der Waals surface area contributed by atoms with Gasteiger partial charge in [-0.05, 0) is 38.8 Å². The highest BCUT2D eigenvalue weighted by Gasteiger charge is 2.40. The van der Waals surface area contributed by atoms with Gasteiger partial charge in [-0.2, -0.15) is 0 Å². The van der Waals surface area contributed by atoms with Gasteiger partial charge in [-0.25, -0.2) is 0 Å². The minimum Gasteiger partial charge on any atom is -0.481 e. The van der Waals surface area contributed by atoms with Crippen LogP contribution in [-0.2, 0) is 4.79 Å². The second-order valence-electron chi connectivity index (χ2n) is 6.79. The molecule has 0 amide bonds. The smallest absolute Gasteiger partial charge is 0.310 e. The van der Waals surface area contributed by atoms with Gasteiger partial charge in [0.1, 0.15) is 0 Å². The van der Waals surface area contributed by atoms with E-state index in [1.807, 2.05) is 6.92 Å². The number of rotatable bonds is 11. The number of hydrogen-bond acceptors (Lipinski definition) is 2. The molecule has 1 N–H and O–H groups in total. The third-order valence-corrected chi connectivity index (χ3v) is 5.11. The zero-order valence-electron chi connectivity index (χ0n) is 14.2. The summed E-state index contributed by atoms with van der Waals surface area (Å²) >= 11 is 0. The Bertz CT molecular complexity index is 293. The number of piperidine rings is 1. The van der Waals surface area contributed by atoms with Crippen LogP contribution in [0.1, 0.15) is 84.5 Å². The summed E-state index contributed by atoms with van der Waals surface area (Å²) in [5.41, 5.74) is -0.474. The van der Waals surface area contributed by atoms with Crippen LogP contribution >= 0.6 is 0 Å². The van der Waals surface area contributed by atoms with Crippen molar-refractivity contribution in [1.29, 1.82) is 0 Å². The van der Waals surface area contributed by atoms with Gasteiger partial charge in [-0.3, -0.25) is 4.79 Å². The Hall–Kier alpha value is -0.570. The first-order valence-corrected chi connectivity index (χ1v) is 9.10. The molecule has 1 aliphatic heterocycles. The molecular formula is C18H35NO2. The minimum absolute atomic E-state index is 0.474. The lowest BCUT2D eigenvalue weighted by atomic mass is 9.77. The van der Waals surface area contributed by atoms with E-state index in [9.17, 15) is 9.90 Å². The van der Waals surface area contributed by atoms with Crippen molar-refractivity contribution in [3.8, 4) is 0 Å². The molecule has 1 unspecified atom stereocenters. The first-order valence-electron chi connectivity index (χ1n) is 9.10. The van der Waals surface area contributed by atoms with Crippen LogP contribution in [0, 0.1) is 5.41 Å². The van der Waals surface area contributed by atoms with E-state index in [-0.39, 0.29) is 0 Å². The standard InChI is InChI=1S/C18H35NO2/c1-3-5-6-7-8-9-10-11-14-19-15-12-13-18(4-2,16-19)17(20)21/h3-16H2,1-2H3,(H,20,21). The van der Waals surface area contributed by atoms with Gasteiger partial charge in [0.2, 0.25) is 0 Å². The van der Waals surface area contributed by atoms with Crippen molar-refractivity contribution in [2.24, 2.45) is 5.41 Å². The number of unbranched alkanes of at least 4 members (excludes halogenated alkanes) is 7. The van der Waals surface area contributed by atoms with E-state index in [2.05, 4.69) is 11.8 Å². The molecule has 3 nitrogen and oxygen atoms in total. The number of carboxylic acid groups (broad SMARTS) is 1. The lowest BCUT2D eigenvalue weighted by Gasteiger charge is -2.39. The molecule has 1 saturated heterocycles. The Kier molecular flexibility index (Phi) is 8.98. The molecule has 1 heterocycles. The third kappa shape index (κ3) is 6.37. The highest BCUT2D eigenvalue weighted by atomic mass is 16.4. The molecule has 0 aliphatic carbocycles. The van der Waals surface area contributed by atoms with Gasteiger partial charge in [0.05, 0.1) is 5.41 Å². The summed E-state index contributed by atoms with van der Waals surface area (Å²) in [6.07, 6.45) is 13.4. The molecule has 3 heteroatoms. The Balaban J connectivity index is 2.13. The number of aliphatic carboxylic acids is 1. The molecule has 1 atom stereocenters. The van der Waals surface area contributed by atoms with Crippen molar-refractivity contribution in [2.75, 3.05) is 19.6 Å². The van der Waals surface area contributed by atoms with Crippen molar-refractivity contribution in [3.05, 3.63) is 0 Å². The normalized spacial score (nSPS) is 23.3. The first kappa shape index (κ1) is 18.5. The van der Waals surface area contributed by atoms with Gasteiger partial charge in [0.15, 0.2) is 0 Å². The minimum atomic E-state index is -0.592. The van der Waals surface area contributed by atoms with E-state index in [0.717, 1.165) is 38.9 Å². The SMILES string of the molecule is CCCCCCCCCCN1CCCC(CC)(C(=O)O)C1. The maximum atomic E-state index is 11.5. The van der Waals surface area contributed by atoms with Crippen LogP contribution in [0.3, 0.4) is 0 Å². The molecule has 21 heavy (non-hydrogen) atoms. The maximum Gasteiger partial charge on any atom is 0.310 e. The summed E-state index contributed by atoms with van der Waals surface area (Å²) in [4.78, 5) is 13.9. The zero-order valence-corrected chi connectivity index (χ0v) is 14.2. The summed E-state index contributed by atoms with van der Waals surface area (Å²) in [7, 11) is 0. The van der Waals surface area contributed by atoms with E-state index in [0.29, 0.717) is 0 Å². The van der Waals surface area contributed by atoms with Crippen LogP contribution < -0.4 is 0 Å². The molecule has 0 aromatic rings. The molecule has 124 valence electrons. The molecule has 0 saturated carbocycles. The molecule has 1 rings (SSSR count). The monoisotopic (exact) mass is 297 g/mol. The predicted molar refractivity (Wildman–Crippen MR) is 88.6 cm³/mol. The summed E-state index contributed by atoms with van der Waals surface area (Å²) in [5, 5.41) is 9.49. The largest absolute Gasteiger partial charge is 0.481 e. The first-order chi connectivity index (χ1) is 10.1. The maximum absolute atomic E-state index is 11.5. The van der Waals surface area contributed by atoms with Crippen molar-refractivity contribution in [3.63, 3.8) is 0 Å². The molecule has 0 aromatic carbocycles. The van der Waals surface area contributed by atoms with Gasteiger partial charge in [0, 0.05) is 6.54 Å². The number of hydrogen-bond donors (Lipinski definition) is 1. The van der Waals surface area contributed by atoms with Gasteiger partial charge in [-0.1, -0.05) is 58.8 Å². The van der Waals surface area contributed by atoms with Crippen molar-refractivity contribution >= 4 is 5.97 Å². The second-order valence-corrected chi connectivity index (χ2v) is 6.79. The van der Waals surface area contributed by atoms with E-state index in [4.69, 9.17) is 0 Å². The number of likely N-dealkylation sites (tertiary alicyclic amines) is 1. The second kappa shape index (κ2) is 10.2. The highest BCUT2D eigenvalue weighted by molar-refractivity contribution is 5.75. The molecule has 0 bridgehead atoms. The van der Waals surface area contributed by atoms with Crippen molar-refractivity contribution < 1.29 is 9.90 Å². The van der Waals surface area contributed by atoms with Crippen molar-refractivity contribution in [2.45, 2.75) is 84.5 Å². The molecular weight excluding hydrogens is 262 g/mol. The van der Waals surface area contributed by atoms with Crippen LogP contribution in [0.25, 0.3) is 0 Å². The molecule has 1 aliphatic rings.